The summed E-state index contributed by atoms with van der Waals surface area (Å²) >= 11 is 3.27. The van der Waals surface area contributed by atoms with Crippen LogP contribution in [0.3, 0.4) is 0 Å². The van der Waals surface area contributed by atoms with E-state index in [0.717, 1.165) is 60.2 Å². The smallest absolute Gasteiger partial charge is 0.282 e. The van der Waals surface area contributed by atoms with E-state index in [9.17, 15) is 4.79 Å². The Morgan fingerprint density at radius 3 is 2.74 bits per heavy atom. The number of para-hydroxylation sites is 1. The lowest BCUT2D eigenvalue weighted by atomic mass is 10.3. The molecule has 3 aromatic heterocycles. The van der Waals surface area contributed by atoms with E-state index in [1.807, 2.05) is 6.07 Å². The van der Waals surface area contributed by atoms with Gasteiger partial charge in [-0.05, 0) is 37.2 Å². The molecule has 4 aromatic rings. The Hall–Kier alpha value is -2.69. The van der Waals surface area contributed by atoms with Gasteiger partial charge in [0.2, 0.25) is 0 Å². The van der Waals surface area contributed by atoms with Gasteiger partial charge in [0.25, 0.3) is 5.56 Å². The summed E-state index contributed by atoms with van der Waals surface area (Å²) in [6, 6.07) is 11.7. The van der Waals surface area contributed by atoms with Crippen molar-refractivity contribution in [3.63, 3.8) is 0 Å². The molecule has 8 nitrogen and oxygen atoms in total. The quantitative estimate of drug-likeness (QED) is 0.206. The summed E-state index contributed by atoms with van der Waals surface area (Å²) in [7, 11) is 0. The predicted molar refractivity (Wildman–Crippen MR) is 128 cm³/mol. The number of benzene rings is 1. The highest BCUT2D eigenvalue weighted by atomic mass is 32.2. The van der Waals surface area contributed by atoms with Crippen molar-refractivity contribution >= 4 is 49.5 Å². The average molecular weight is 454 g/mol. The van der Waals surface area contributed by atoms with Gasteiger partial charge in [-0.3, -0.25) is 9.69 Å². The van der Waals surface area contributed by atoms with Gasteiger partial charge in [-0.15, -0.1) is 0 Å². The largest absolute Gasteiger partial charge is 0.345 e. The zero-order valence-corrected chi connectivity index (χ0v) is 18.6. The molecule has 0 aliphatic carbocycles. The fraction of sp³-hybridized carbons (Fsp3) is 0.333. The Morgan fingerprint density at radius 1 is 1.06 bits per heavy atom. The number of piperazine rings is 1. The van der Waals surface area contributed by atoms with Crippen LogP contribution in [0.5, 0.6) is 0 Å². The molecule has 5 rings (SSSR count). The van der Waals surface area contributed by atoms with Crippen LogP contribution in [0.25, 0.3) is 21.3 Å². The number of thiazole rings is 1. The molecule has 0 spiro atoms. The summed E-state index contributed by atoms with van der Waals surface area (Å²) in [5, 5.41) is 2.07. The van der Waals surface area contributed by atoms with Gasteiger partial charge in [-0.2, -0.15) is 0 Å². The van der Waals surface area contributed by atoms with Crippen molar-refractivity contribution in [2.24, 2.45) is 0 Å². The fourth-order valence-corrected chi connectivity index (χ4v) is 5.57. The van der Waals surface area contributed by atoms with Crippen molar-refractivity contribution in [1.29, 1.82) is 0 Å². The lowest BCUT2D eigenvalue weighted by Gasteiger charge is -2.34. The Morgan fingerprint density at radius 2 is 1.90 bits per heavy atom. The number of nitrogens with zero attached hydrogens (tertiary/aromatic N) is 6. The Labute approximate surface area is 187 Å². The van der Waals surface area contributed by atoms with E-state index in [1.54, 1.807) is 29.7 Å². The van der Waals surface area contributed by atoms with Crippen molar-refractivity contribution in [3.8, 4) is 0 Å². The molecule has 4 heterocycles. The van der Waals surface area contributed by atoms with Gasteiger partial charge in [0, 0.05) is 38.1 Å². The van der Waals surface area contributed by atoms with Gasteiger partial charge in [0.15, 0.2) is 15.9 Å². The summed E-state index contributed by atoms with van der Waals surface area (Å²) in [5.41, 5.74) is 1.27. The maximum Gasteiger partial charge on any atom is 0.282 e. The van der Waals surface area contributed by atoms with Crippen molar-refractivity contribution in [2.45, 2.75) is 11.6 Å². The second-order valence-corrected chi connectivity index (χ2v) is 9.51. The van der Waals surface area contributed by atoms with E-state index < -0.39 is 0 Å². The molecule has 10 heteroatoms. The Balaban J connectivity index is 1.12. The molecule has 0 saturated carbocycles. The first kappa shape index (κ1) is 20.2. The third kappa shape index (κ3) is 4.23. The van der Waals surface area contributed by atoms with E-state index >= 15 is 0 Å². The minimum absolute atomic E-state index is 0.258. The fourth-order valence-electron chi connectivity index (χ4n) is 3.73. The lowest BCUT2D eigenvalue weighted by Crippen LogP contribution is -2.46. The van der Waals surface area contributed by atoms with Gasteiger partial charge in [0.05, 0.1) is 15.6 Å². The molecule has 1 aliphatic heterocycles. The van der Waals surface area contributed by atoms with E-state index in [4.69, 9.17) is 10.8 Å². The third-order valence-electron chi connectivity index (χ3n) is 5.42. The maximum atomic E-state index is 12.4. The minimum Gasteiger partial charge on any atom is -0.345 e. The van der Waals surface area contributed by atoms with Gasteiger partial charge >= 0.3 is 0 Å². The number of hydrogen-bond acceptors (Lipinski definition) is 9. The van der Waals surface area contributed by atoms with E-state index in [2.05, 4.69) is 38.0 Å². The SMILES string of the molecule is Nn1c(SCCCN2CCN(c3nc4ccccc4s3)CC2)nc2ncccc2c1=O. The molecule has 31 heavy (non-hydrogen) atoms. The van der Waals surface area contributed by atoms with Crippen LogP contribution in [-0.2, 0) is 0 Å². The number of nitrogen functional groups attached to an aromatic ring is 1. The predicted octanol–water partition coefficient (Wildman–Crippen LogP) is 2.42. The van der Waals surface area contributed by atoms with Crippen molar-refractivity contribution in [1.82, 2.24) is 24.5 Å². The molecule has 160 valence electrons. The van der Waals surface area contributed by atoms with Crippen LogP contribution in [0.15, 0.2) is 52.5 Å². The van der Waals surface area contributed by atoms with Crippen LogP contribution < -0.4 is 16.3 Å². The summed E-state index contributed by atoms with van der Waals surface area (Å²) in [6.07, 6.45) is 2.64. The molecule has 0 amide bonds. The van der Waals surface area contributed by atoms with Gasteiger partial charge in [0.1, 0.15) is 0 Å². The molecule has 0 radical (unpaired) electrons. The number of fused-ring (bicyclic) bond motifs is 2. The number of rotatable bonds is 6. The van der Waals surface area contributed by atoms with E-state index in [1.165, 1.54) is 16.5 Å². The van der Waals surface area contributed by atoms with Crippen LogP contribution in [0.1, 0.15) is 6.42 Å². The number of nitrogens with two attached hydrogens (primary N) is 1. The van der Waals surface area contributed by atoms with Crippen LogP contribution in [0.4, 0.5) is 5.13 Å². The molecule has 1 aliphatic rings. The number of hydrogen-bond donors (Lipinski definition) is 1. The number of aromatic nitrogens is 4. The molecule has 1 saturated heterocycles. The number of thioether (sulfide) groups is 1. The maximum absolute atomic E-state index is 12.4. The van der Waals surface area contributed by atoms with Crippen LogP contribution >= 0.6 is 23.1 Å². The van der Waals surface area contributed by atoms with Gasteiger partial charge in [-0.1, -0.05) is 35.2 Å². The molecule has 0 unspecified atom stereocenters. The van der Waals surface area contributed by atoms with Crippen LogP contribution in [0.2, 0.25) is 0 Å². The summed E-state index contributed by atoms with van der Waals surface area (Å²) < 4.78 is 2.37. The zero-order chi connectivity index (χ0) is 21.2. The molecule has 1 fully saturated rings. The first-order valence-corrected chi connectivity index (χ1v) is 12.1. The van der Waals surface area contributed by atoms with Crippen molar-refractivity contribution < 1.29 is 0 Å². The zero-order valence-electron chi connectivity index (χ0n) is 17.0. The average Bonchev–Trinajstić information content (AvgIpc) is 3.24. The molecular weight excluding hydrogens is 430 g/mol. The Bertz CT molecular complexity index is 1230. The standard InChI is InChI=1S/C21H23N7OS2/c22-28-19(29)15-5-3-8-23-18(15)25-21(28)30-14-4-9-26-10-12-27(13-11-26)20-24-16-6-1-2-7-17(16)31-20/h1-3,5-8H,4,9-14,22H2. The van der Waals surface area contributed by atoms with Crippen LogP contribution in [-0.4, -0.2) is 63.0 Å². The summed E-state index contributed by atoms with van der Waals surface area (Å²) in [4.78, 5) is 30.6. The summed E-state index contributed by atoms with van der Waals surface area (Å²) in [5.74, 6) is 6.79. The second-order valence-electron chi connectivity index (χ2n) is 7.44. The first-order chi connectivity index (χ1) is 15.2. The number of anilines is 1. The lowest BCUT2D eigenvalue weighted by molar-refractivity contribution is 0.259. The minimum atomic E-state index is -0.258. The van der Waals surface area contributed by atoms with Crippen molar-refractivity contribution in [3.05, 3.63) is 52.9 Å². The molecule has 0 bridgehead atoms. The van der Waals surface area contributed by atoms with E-state index in [-0.39, 0.29) is 5.56 Å². The highest BCUT2D eigenvalue weighted by Gasteiger charge is 2.19. The molecule has 0 atom stereocenters. The first-order valence-electron chi connectivity index (χ1n) is 10.3. The molecular formula is C21H23N7OS2. The molecule has 1 aromatic carbocycles. The van der Waals surface area contributed by atoms with E-state index in [0.29, 0.717) is 16.2 Å². The van der Waals surface area contributed by atoms with Crippen molar-refractivity contribution in [2.75, 3.05) is 49.2 Å². The third-order valence-corrected chi connectivity index (χ3v) is 7.55. The summed E-state index contributed by atoms with van der Waals surface area (Å²) in [6.45, 7) is 5.06. The number of pyridine rings is 1. The normalized spacial score (nSPS) is 15.2. The Kier molecular flexibility index (Phi) is 5.75. The van der Waals surface area contributed by atoms with Gasteiger partial charge < -0.3 is 10.7 Å². The molecule has 2 N–H and O–H groups in total. The topological polar surface area (TPSA) is 93.2 Å². The highest BCUT2D eigenvalue weighted by molar-refractivity contribution is 7.99. The second kappa shape index (κ2) is 8.81. The van der Waals surface area contributed by atoms with Crippen LogP contribution in [0, 0.1) is 0 Å². The monoisotopic (exact) mass is 453 g/mol. The van der Waals surface area contributed by atoms with Gasteiger partial charge in [-0.25, -0.2) is 19.6 Å². The highest BCUT2D eigenvalue weighted by Crippen LogP contribution is 2.29.